The van der Waals surface area contributed by atoms with E-state index in [1.807, 2.05) is 11.8 Å². The number of pyridine rings is 1. The summed E-state index contributed by atoms with van der Waals surface area (Å²) < 4.78 is 37.6. The van der Waals surface area contributed by atoms with Crippen LogP contribution in [0.5, 0.6) is 0 Å². The molecule has 2 N–H and O–H groups in total. The Labute approximate surface area is 126 Å². The maximum absolute atomic E-state index is 12.5. The summed E-state index contributed by atoms with van der Waals surface area (Å²) in [4.78, 5) is 5.74. The number of hydrogen-bond donors (Lipinski definition) is 1. The number of alkyl halides is 3. The van der Waals surface area contributed by atoms with E-state index in [1.54, 1.807) is 0 Å². The summed E-state index contributed by atoms with van der Waals surface area (Å²) in [5.74, 6) is 0.373. The Bertz CT molecular complexity index is 468. The highest BCUT2D eigenvalue weighted by atomic mass is 35.5. The van der Waals surface area contributed by atoms with Crippen LogP contribution in [0.3, 0.4) is 0 Å². The van der Waals surface area contributed by atoms with Crippen LogP contribution >= 0.6 is 24.0 Å². The molecule has 1 aliphatic heterocycles. The smallest absolute Gasteiger partial charge is 0.351 e. The first-order valence-electron chi connectivity index (χ1n) is 6.04. The molecule has 0 saturated carbocycles. The molecule has 0 aliphatic carbocycles. The highest BCUT2D eigenvalue weighted by molar-refractivity contribution is 6.33. The van der Waals surface area contributed by atoms with Crippen LogP contribution in [0.4, 0.5) is 19.0 Å². The van der Waals surface area contributed by atoms with Crippen molar-refractivity contribution >= 4 is 29.8 Å². The van der Waals surface area contributed by atoms with Crippen LogP contribution < -0.4 is 10.6 Å². The predicted molar refractivity (Wildman–Crippen MR) is 75.5 cm³/mol. The number of anilines is 1. The van der Waals surface area contributed by atoms with Gasteiger partial charge in [0.2, 0.25) is 0 Å². The van der Waals surface area contributed by atoms with Gasteiger partial charge in [-0.1, -0.05) is 11.6 Å². The molecule has 0 aromatic carbocycles. The zero-order chi connectivity index (χ0) is 14.2. The number of rotatable bonds is 1. The van der Waals surface area contributed by atoms with E-state index in [4.69, 9.17) is 17.3 Å². The monoisotopic (exact) mass is 329 g/mol. The lowest BCUT2D eigenvalue weighted by molar-refractivity contribution is -0.137. The molecule has 1 aromatic rings. The molecule has 1 fully saturated rings. The van der Waals surface area contributed by atoms with Gasteiger partial charge in [-0.05, 0) is 25.8 Å². The standard InChI is InChI=1S/C12H15ClF3N3.ClH/c1-7-2-3-9(17)6-19(7)11-10(13)4-8(5-18-11)12(14,15)16;/h4-5,7,9H,2-3,6,17H2,1H3;1H. The molecule has 2 rings (SSSR count). The number of aromatic nitrogens is 1. The minimum atomic E-state index is -4.43. The van der Waals surface area contributed by atoms with Crippen LogP contribution in [0, 0.1) is 0 Å². The van der Waals surface area contributed by atoms with E-state index in [-0.39, 0.29) is 29.5 Å². The molecule has 2 atom stereocenters. The van der Waals surface area contributed by atoms with Crippen LogP contribution in [0.15, 0.2) is 12.3 Å². The normalized spacial score (nSPS) is 23.4. The van der Waals surface area contributed by atoms with Crippen molar-refractivity contribution in [1.29, 1.82) is 0 Å². The highest BCUT2D eigenvalue weighted by Gasteiger charge is 2.33. The van der Waals surface area contributed by atoms with Gasteiger partial charge in [-0.2, -0.15) is 13.2 Å². The third-order valence-electron chi connectivity index (χ3n) is 3.34. The number of nitrogens with two attached hydrogens (primary N) is 1. The Hall–Kier alpha value is -0.720. The summed E-state index contributed by atoms with van der Waals surface area (Å²) in [6.07, 6.45) is -1.84. The van der Waals surface area contributed by atoms with E-state index >= 15 is 0 Å². The molecule has 114 valence electrons. The van der Waals surface area contributed by atoms with E-state index in [0.717, 1.165) is 25.1 Å². The third-order valence-corrected chi connectivity index (χ3v) is 3.62. The fourth-order valence-electron chi connectivity index (χ4n) is 2.23. The molecule has 2 heterocycles. The van der Waals surface area contributed by atoms with Gasteiger partial charge in [-0.3, -0.25) is 0 Å². The SMILES string of the molecule is CC1CCC(N)CN1c1ncc(C(F)(F)F)cc1Cl.Cl. The molecule has 1 aromatic heterocycles. The van der Waals surface area contributed by atoms with Gasteiger partial charge in [0.05, 0.1) is 10.6 Å². The summed E-state index contributed by atoms with van der Waals surface area (Å²) in [6, 6.07) is 1.08. The van der Waals surface area contributed by atoms with Crippen LogP contribution in [0.25, 0.3) is 0 Å². The molecule has 2 unspecified atom stereocenters. The van der Waals surface area contributed by atoms with Crippen molar-refractivity contribution in [3.05, 3.63) is 22.8 Å². The highest BCUT2D eigenvalue weighted by Crippen LogP contribution is 2.35. The Morgan fingerprint density at radius 2 is 2.05 bits per heavy atom. The first-order valence-corrected chi connectivity index (χ1v) is 6.42. The third kappa shape index (κ3) is 3.68. The van der Waals surface area contributed by atoms with Crippen molar-refractivity contribution < 1.29 is 13.2 Å². The molecule has 3 nitrogen and oxygen atoms in total. The van der Waals surface area contributed by atoms with E-state index in [0.29, 0.717) is 12.4 Å². The van der Waals surface area contributed by atoms with Gasteiger partial charge < -0.3 is 10.6 Å². The average Bonchev–Trinajstić information content (AvgIpc) is 2.31. The second-order valence-corrected chi connectivity index (χ2v) is 5.27. The lowest BCUT2D eigenvalue weighted by atomic mass is 10.00. The summed E-state index contributed by atoms with van der Waals surface area (Å²) in [5, 5.41) is 0.00998. The fourth-order valence-corrected chi connectivity index (χ4v) is 2.50. The van der Waals surface area contributed by atoms with Gasteiger partial charge in [0.1, 0.15) is 5.82 Å². The number of piperidine rings is 1. The zero-order valence-corrected chi connectivity index (χ0v) is 12.4. The Morgan fingerprint density at radius 3 is 2.60 bits per heavy atom. The largest absolute Gasteiger partial charge is 0.417 e. The summed E-state index contributed by atoms with van der Waals surface area (Å²) in [7, 11) is 0. The van der Waals surface area contributed by atoms with Crippen LogP contribution in [-0.2, 0) is 6.18 Å². The van der Waals surface area contributed by atoms with E-state index < -0.39 is 11.7 Å². The molecule has 0 bridgehead atoms. The lowest BCUT2D eigenvalue weighted by Crippen LogP contribution is -2.48. The second-order valence-electron chi connectivity index (χ2n) is 4.87. The predicted octanol–water partition coefficient (Wildman–Crippen LogP) is 3.49. The molecule has 8 heteroatoms. The molecular weight excluding hydrogens is 314 g/mol. The van der Waals surface area contributed by atoms with Crippen LogP contribution in [0.2, 0.25) is 5.02 Å². The maximum atomic E-state index is 12.5. The van der Waals surface area contributed by atoms with Gasteiger partial charge in [0.25, 0.3) is 0 Å². The Kier molecular flexibility index (Phi) is 5.52. The second kappa shape index (κ2) is 6.37. The van der Waals surface area contributed by atoms with Crippen molar-refractivity contribution in [1.82, 2.24) is 4.98 Å². The molecule has 0 radical (unpaired) electrons. The number of hydrogen-bond acceptors (Lipinski definition) is 3. The van der Waals surface area contributed by atoms with Gasteiger partial charge >= 0.3 is 6.18 Å². The molecule has 0 spiro atoms. The lowest BCUT2D eigenvalue weighted by Gasteiger charge is -2.38. The van der Waals surface area contributed by atoms with Gasteiger partial charge in [0.15, 0.2) is 0 Å². The minimum absolute atomic E-state index is 0. The van der Waals surface area contributed by atoms with Gasteiger partial charge in [-0.25, -0.2) is 4.98 Å². The Balaban J connectivity index is 0.00000200. The van der Waals surface area contributed by atoms with Crippen LogP contribution in [0.1, 0.15) is 25.3 Å². The molecular formula is C12H16Cl2F3N3. The minimum Gasteiger partial charge on any atom is -0.351 e. The molecule has 0 amide bonds. The van der Waals surface area contributed by atoms with E-state index in [1.165, 1.54) is 0 Å². The summed E-state index contributed by atoms with van der Waals surface area (Å²) >= 11 is 5.94. The van der Waals surface area contributed by atoms with Gasteiger partial charge in [-0.15, -0.1) is 12.4 Å². The summed E-state index contributed by atoms with van der Waals surface area (Å²) in [5.41, 5.74) is 5.04. The zero-order valence-electron chi connectivity index (χ0n) is 10.8. The van der Waals surface area contributed by atoms with E-state index in [9.17, 15) is 13.2 Å². The average molecular weight is 330 g/mol. The molecule has 1 saturated heterocycles. The number of nitrogens with zero attached hydrogens (tertiary/aromatic N) is 2. The molecule has 20 heavy (non-hydrogen) atoms. The quantitative estimate of drug-likeness (QED) is 0.857. The van der Waals surface area contributed by atoms with Crippen LogP contribution in [-0.4, -0.2) is 23.6 Å². The first kappa shape index (κ1) is 17.3. The van der Waals surface area contributed by atoms with Crippen molar-refractivity contribution in [2.45, 2.75) is 38.0 Å². The molecule has 1 aliphatic rings. The fraction of sp³-hybridized carbons (Fsp3) is 0.583. The van der Waals surface area contributed by atoms with Crippen molar-refractivity contribution in [2.24, 2.45) is 5.73 Å². The number of halogens is 5. The first-order chi connectivity index (χ1) is 8.79. The summed E-state index contributed by atoms with van der Waals surface area (Å²) in [6.45, 7) is 2.54. The Morgan fingerprint density at radius 1 is 1.40 bits per heavy atom. The van der Waals surface area contributed by atoms with Crippen molar-refractivity contribution in [3.63, 3.8) is 0 Å². The van der Waals surface area contributed by atoms with E-state index in [2.05, 4.69) is 4.98 Å². The van der Waals surface area contributed by atoms with Crippen molar-refractivity contribution in [3.8, 4) is 0 Å². The van der Waals surface area contributed by atoms with Gasteiger partial charge in [0, 0.05) is 24.8 Å². The van der Waals surface area contributed by atoms with Crippen molar-refractivity contribution in [2.75, 3.05) is 11.4 Å². The topological polar surface area (TPSA) is 42.1 Å². The maximum Gasteiger partial charge on any atom is 0.417 e.